The third-order valence-corrected chi connectivity index (χ3v) is 5.42. The van der Waals surface area contributed by atoms with Crippen LogP contribution in [0.1, 0.15) is 49.5 Å². The van der Waals surface area contributed by atoms with Gasteiger partial charge in [0.2, 0.25) is 5.91 Å². The molecule has 0 saturated heterocycles. The lowest BCUT2D eigenvalue weighted by Gasteiger charge is -2.08. The average Bonchev–Trinajstić information content (AvgIpc) is 2.94. The number of ketones is 2. The molecule has 9 heteroatoms. The predicted molar refractivity (Wildman–Crippen MR) is 138 cm³/mol. The maximum Gasteiger partial charge on any atom is 0.338 e. The molecule has 3 aromatic rings. The molecule has 0 fully saturated rings. The third kappa shape index (κ3) is 8.41. The molecule has 1 N–H and O–H groups in total. The van der Waals surface area contributed by atoms with Crippen molar-refractivity contribution in [3.63, 3.8) is 0 Å². The van der Waals surface area contributed by atoms with Crippen molar-refractivity contribution >= 4 is 35.1 Å². The van der Waals surface area contributed by atoms with Gasteiger partial charge in [-0.3, -0.25) is 19.2 Å². The number of ether oxygens (including phenoxy) is 3. The van der Waals surface area contributed by atoms with E-state index < -0.39 is 24.5 Å². The van der Waals surface area contributed by atoms with Crippen molar-refractivity contribution in [2.45, 2.75) is 19.8 Å². The van der Waals surface area contributed by atoms with Crippen LogP contribution in [-0.2, 0) is 19.1 Å². The van der Waals surface area contributed by atoms with Gasteiger partial charge in [-0.05, 0) is 43.3 Å². The number of rotatable bonds is 12. The molecule has 0 aromatic heterocycles. The minimum absolute atomic E-state index is 0.156. The summed E-state index contributed by atoms with van der Waals surface area (Å²) in [5.74, 6) is -1.99. The first-order chi connectivity index (χ1) is 18.2. The number of aryl methyl sites for hydroxylation is 1. The second kappa shape index (κ2) is 13.5. The Bertz CT molecular complexity index is 1310. The first-order valence-corrected chi connectivity index (χ1v) is 11.7. The molecule has 0 radical (unpaired) electrons. The highest BCUT2D eigenvalue weighted by molar-refractivity contribution is 6.00. The number of methoxy groups -OCH3 is 1. The number of carbonyl (C=O) groups is 5. The van der Waals surface area contributed by atoms with Gasteiger partial charge in [0.1, 0.15) is 5.75 Å². The zero-order valence-electron chi connectivity index (χ0n) is 21.0. The summed E-state index contributed by atoms with van der Waals surface area (Å²) in [7, 11) is 1.48. The van der Waals surface area contributed by atoms with Crippen LogP contribution in [0.3, 0.4) is 0 Å². The van der Waals surface area contributed by atoms with Gasteiger partial charge in [0.15, 0.2) is 24.8 Å². The minimum atomic E-state index is -0.685. The number of hydrogen-bond donors (Lipinski definition) is 1. The van der Waals surface area contributed by atoms with Crippen molar-refractivity contribution < 1.29 is 38.2 Å². The summed E-state index contributed by atoms with van der Waals surface area (Å²) in [4.78, 5) is 60.7. The fourth-order valence-corrected chi connectivity index (χ4v) is 3.26. The Hall–Kier alpha value is -4.79. The zero-order valence-corrected chi connectivity index (χ0v) is 21.0. The normalized spacial score (nSPS) is 10.3. The quantitative estimate of drug-likeness (QED) is 0.280. The standard InChI is InChI=1S/C29H27NO8/c1-19-6-8-20(9-7-19)25(31)18-38-29(35)21-10-12-23(13-11-21)30-27(33)14-15-28(34)37-17-26(32)22-4-3-5-24(16-22)36-2/h3-13,16H,14-15,17-18H2,1-2H3,(H,30,33). The van der Waals surface area contributed by atoms with Crippen molar-refractivity contribution in [3.05, 3.63) is 95.1 Å². The Kier molecular flexibility index (Phi) is 9.87. The second-order valence-electron chi connectivity index (χ2n) is 8.31. The molecule has 1 amide bonds. The molecule has 0 aliphatic carbocycles. The number of esters is 2. The largest absolute Gasteiger partial charge is 0.497 e. The summed E-state index contributed by atoms with van der Waals surface area (Å²) in [6.07, 6.45) is -0.367. The van der Waals surface area contributed by atoms with Gasteiger partial charge in [-0.2, -0.15) is 0 Å². The molecular formula is C29H27NO8. The van der Waals surface area contributed by atoms with Crippen LogP contribution in [0.4, 0.5) is 5.69 Å². The number of benzene rings is 3. The summed E-state index contributed by atoms with van der Waals surface area (Å²) in [5.41, 5.74) is 2.43. The lowest BCUT2D eigenvalue weighted by atomic mass is 10.1. The van der Waals surface area contributed by atoms with Gasteiger partial charge in [0, 0.05) is 23.2 Å². The van der Waals surface area contributed by atoms with E-state index in [1.807, 2.05) is 6.92 Å². The van der Waals surface area contributed by atoms with Crippen molar-refractivity contribution in [2.75, 3.05) is 25.6 Å². The summed E-state index contributed by atoms with van der Waals surface area (Å²) >= 11 is 0. The Labute approximate surface area is 219 Å². The van der Waals surface area contributed by atoms with Crippen LogP contribution in [0.5, 0.6) is 5.75 Å². The molecule has 0 spiro atoms. The second-order valence-corrected chi connectivity index (χ2v) is 8.31. The summed E-state index contributed by atoms with van der Waals surface area (Å²) in [6, 6.07) is 19.3. The summed E-state index contributed by atoms with van der Waals surface area (Å²) in [6.45, 7) is 1.08. The number of amides is 1. The number of carbonyl (C=O) groups excluding carboxylic acids is 5. The van der Waals surface area contributed by atoms with Gasteiger partial charge in [-0.15, -0.1) is 0 Å². The molecule has 9 nitrogen and oxygen atoms in total. The molecule has 3 rings (SSSR count). The minimum Gasteiger partial charge on any atom is -0.497 e. The fourth-order valence-electron chi connectivity index (χ4n) is 3.26. The van der Waals surface area contributed by atoms with E-state index in [1.54, 1.807) is 48.5 Å². The van der Waals surface area contributed by atoms with Crippen LogP contribution >= 0.6 is 0 Å². The molecule has 0 unspecified atom stereocenters. The highest BCUT2D eigenvalue weighted by atomic mass is 16.5. The van der Waals surface area contributed by atoms with E-state index in [-0.39, 0.29) is 36.6 Å². The molecule has 0 aliphatic heterocycles. The Morgan fingerprint density at radius 1 is 0.711 bits per heavy atom. The Morgan fingerprint density at radius 2 is 1.34 bits per heavy atom. The molecule has 196 valence electrons. The van der Waals surface area contributed by atoms with Crippen molar-refractivity contribution in [3.8, 4) is 5.75 Å². The van der Waals surface area contributed by atoms with Crippen LogP contribution in [-0.4, -0.2) is 49.7 Å². The van der Waals surface area contributed by atoms with Gasteiger partial charge in [-0.25, -0.2) is 4.79 Å². The summed E-state index contributed by atoms with van der Waals surface area (Å²) in [5, 5.41) is 2.61. The van der Waals surface area contributed by atoms with Crippen molar-refractivity contribution in [2.24, 2.45) is 0 Å². The van der Waals surface area contributed by atoms with Crippen molar-refractivity contribution in [1.29, 1.82) is 0 Å². The molecule has 0 heterocycles. The van der Waals surface area contributed by atoms with E-state index in [0.29, 0.717) is 22.6 Å². The first kappa shape index (κ1) is 27.8. The van der Waals surface area contributed by atoms with Crippen LogP contribution in [0.15, 0.2) is 72.8 Å². The molecule has 3 aromatic carbocycles. The smallest absolute Gasteiger partial charge is 0.338 e. The lowest BCUT2D eigenvalue weighted by Crippen LogP contribution is -2.17. The van der Waals surface area contributed by atoms with Gasteiger partial charge in [0.25, 0.3) is 0 Å². The van der Waals surface area contributed by atoms with E-state index in [0.717, 1.165) is 5.56 Å². The van der Waals surface area contributed by atoms with Gasteiger partial charge >= 0.3 is 11.9 Å². The molecule has 0 bridgehead atoms. The number of anilines is 1. The van der Waals surface area contributed by atoms with Crippen molar-refractivity contribution in [1.82, 2.24) is 0 Å². The maximum atomic E-state index is 12.2. The topological polar surface area (TPSA) is 125 Å². The van der Waals surface area contributed by atoms with Crippen LogP contribution < -0.4 is 10.1 Å². The Morgan fingerprint density at radius 3 is 2.03 bits per heavy atom. The average molecular weight is 518 g/mol. The third-order valence-electron chi connectivity index (χ3n) is 5.42. The van der Waals surface area contributed by atoms with E-state index in [2.05, 4.69) is 5.32 Å². The molecule has 0 aliphatic rings. The van der Waals surface area contributed by atoms with Gasteiger partial charge < -0.3 is 19.5 Å². The van der Waals surface area contributed by atoms with E-state index in [1.165, 1.54) is 31.4 Å². The summed E-state index contributed by atoms with van der Waals surface area (Å²) < 4.78 is 15.1. The van der Waals surface area contributed by atoms with Gasteiger partial charge in [0.05, 0.1) is 19.1 Å². The fraction of sp³-hybridized carbons (Fsp3) is 0.207. The predicted octanol–water partition coefficient (Wildman–Crippen LogP) is 4.19. The van der Waals surface area contributed by atoms with Gasteiger partial charge in [-0.1, -0.05) is 42.0 Å². The number of hydrogen-bond acceptors (Lipinski definition) is 8. The molecule has 0 saturated carbocycles. The van der Waals surface area contributed by atoms with E-state index in [9.17, 15) is 24.0 Å². The first-order valence-electron chi connectivity index (χ1n) is 11.7. The van der Waals surface area contributed by atoms with Crippen LogP contribution in [0, 0.1) is 6.92 Å². The van der Waals surface area contributed by atoms with Crippen LogP contribution in [0.2, 0.25) is 0 Å². The SMILES string of the molecule is COc1cccc(C(=O)COC(=O)CCC(=O)Nc2ccc(C(=O)OCC(=O)c3ccc(C)cc3)cc2)c1. The highest BCUT2D eigenvalue weighted by Crippen LogP contribution is 2.14. The zero-order chi connectivity index (χ0) is 27.5. The lowest BCUT2D eigenvalue weighted by molar-refractivity contribution is -0.143. The highest BCUT2D eigenvalue weighted by Gasteiger charge is 2.14. The van der Waals surface area contributed by atoms with E-state index in [4.69, 9.17) is 14.2 Å². The van der Waals surface area contributed by atoms with E-state index >= 15 is 0 Å². The number of nitrogens with one attached hydrogen (secondary N) is 1. The molecular weight excluding hydrogens is 490 g/mol. The maximum absolute atomic E-state index is 12.2. The monoisotopic (exact) mass is 517 g/mol. The Balaban J connectivity index is 1.38. The van der Waals surface area contributed by atoms with Crippen LogP contribution in [0.25, 0.3) is 0 Å². The molecule has 0 atom stereocenters. The number of Topliss-reactive ketones (excluding diaryl/α,β-unsaturated/α-hetero) is 2. The molecule has 38 heavy (non-hydrogen) atoms.